The number of hydrogen-bond acceptors (Lipinski definition) is 5. The topological polar surface area (TPSA) is 73.2 Å². The first-order valence-electron chi connectivity index (χ1n) is 11.3. The molecule has 3 heterocycles. The first kappa shape index (κ1) is 23.0. The number of nitrogens with zero attached hydrogens (tertiary/aromatic N) is 4. The van der Waals surface area contributed by atoms with Crippen molar-refractivity contribution in [2.75, 3.05) is 28.6 Å². The fourth-order valence-corrected chi connectivity index (χ4v) is 4.98. The van der Waals surface area contributed by atoms with Crippen LogP contribution in [0.5, 0.6) is 0 Å². The lowest BCUT2D eigenvalue weighted by atomic mass is 9.90. The third-order valence-corrected chi connectivity index (χ3v) is 6.74. The van der Waals surface area contributed by atoms with Crippen molar-refractivity contribution in [1.29, 1.82) is 0 Å². The number of H-pyrrole nitrogens is 1. The Hall–Kier alpha value is -3.73. The van der Waals surface area contributed by atoms with Crippen molar-refractivity contribution in [3.05, 3.63) is 100 Å². The molecule has 1 saturated heterocycles. The summed E-state index contributed by atoms with van der Waals surface area (Å²) in [4.78, 5) is 17.8. The van der Waals surface area contributed by atoms with Crippen molar-refractivity contribution < 1.29 is 0 Å². The number of benzene rings is 2. The highest BCUT2D eigenvalue weighted by Gasteiger charge is 2.24. The maximum Gasteiger partial charge on any atom is 0.193 e. The molecule has 2 aromatic carbocycles. The van der Waals surface area contributed by atoms with E-state index in [1.54, 1.807) is 24.5 Å². The van der Waals surface area contributed by atoms with Gasteiger partial charge in [-0.05, 0) is 48.7 Å². The maximum atomic E-state index is 7.31. The molecule has 1 fully saturated rings. The van der Waals surface area contributed by atoms with Crippen LogP contribution in [0.3, 0.4) is 0 Å². The van der Waals surface area contributed by atoms with Crippen LogP contribution in [-0.4, -0.2) is 28.0 Å². The van der Waals surface area contributed by atoms with Gasteiger partial charge in [0.15, 0.2) is 6.20 Å². The van der Waals surface area contributed by atoms with E-state index < -0.39 is 0 Å². The fraction of sp³-hybridized carbons (Fsp3) is 0.192. The summed E-state index contributed by atoms with van der Waals surface area (Å²) in [5, 5.41) is 8.46. The zero-order valence-electron chi connectivity index (χ0n) is 18.8. The van der Waals surface area contributed by atoms with Gasteiger partial charge in [0.1, 0.15) is 23.6 Å². The zero-order chi connectivity index (χ0) is 24.2. The Balaban J connectivity index is 1.35. The van der Waals surface area contributed by atoms with Crippen molar-refractivity contribution >= 4 is 51.4 Å². The molecule has 176 valence electrons. The summed E-state index contributed by atoms with van der Waals surface area (Å²) in [6, 6.07) is 15.6. The summed E-state index contributed by atoms with van der Waals surface area (Å²) in [6.45, 7) is 9.15. The van der Waals surface area contributed by atoms with Gasteiger partial charge >= 0.3 is 0 Å². The minimum Gasteiger partial charge on any atom is -0.355 e. The normalized spacial score (nSPS) is 16.2. The van der Waals surface area contributed by atoms with Crippen molar-refractivity contribution in [3.8, 4) is 0 Å². The van der Waals surface area contributed by atoms with Gasteiger partial charge in [-0.15, -0.1) is 0 Å². The Morgan fingerprint density at radius 1 is 1.11 bits per heavy atom. The third kappa shape index (κ3) is 5.04. The van der Waals surface area contributed by atoms with E-state index in [1.165, 1.54) is 11.8 Å². The smallest absolute Gasteiger partial charge is 0.193 e. The highest BCUT2D eigenvalue weighted by Crippen LogP contribution is 2.34. The standard InChI is InChI=1S/C26H23Cl2N7/c1-29-14-23(34-24-21(27)8-3-9-22(24)28)33-19-7-2-5-17(13-19)18-6-4-12-35(15-18)26-20-10-11-30-25(20)31-16-32-26/h2-3,5,7-11,13-14,16,18,33-34H,4,6,12,15H2,(H,30,31,32)/b23-14+. The van der Waals surface area contributed by atoms with Crippen molar-refractivity contribution in [3.63, 3.8) is 0 Å². The molecule has 1 unspecified atom stereocenters. The summed E-state index contributed by atoms with van der Waals surface area (Å²) in [6.07, 6.45) is 7.07. The Bertz CT molecular complexity index is 1400. The Kier molecular flexibility index (Phi) is 6.75. The van der Waals surface area contributed by atoms with Gasteiger partial charge in [-0.3, -0.25) is 0 Å². The van der Waals surface area contributed by atoms with Gasteiger partial charge < -0.3 is 20.5 Å². The molecule has 0 bridgehead atoms. The minimum absolute atomic E-state index is 0.355. The molecule has 1 aliphatic heterocycles. The van der Waals surface area contributed by atoms with E-state index in [1.807, 2.05) is 24.4 Å². The molecule has 1 atom stereocenters. The van der Waals surface area contributed by atoms with E-state index in [2.05, 4.69) is 47.5 Å². The molecule has 0 aliphatic carbocycles. The first-order chi connectivity index (χ1) is 17.1. The van der Waals surface area contributed by atoms with Crippen LogP contribution in [0.4, 0.5) is 17.2 Å². The molecule has 35 heavy (non-hydrogen) atoms. The molecular formula is C26H23Cl2N7. The molecular weight excluding hydrogens is 481 g/mol. The molecule has 7 nitrogen and oxygen atoms in total. The van der Waals surface area contributed by atoms with Crippen LogP contribution in [0, 0.1) is 6.57 Å². The van der Waals surface area contributed by atoms with Gasteiger partial charge in [0.2, 0.25) is 0 Å². The number of hydrogen-bond donors (Lipinski definition) is 3. The predicted octanol–water partition coefficient (Wildman–Crippen LogP) is 6.89. The Labute approximate surface area is 213 Å². The van der Waals surface area contributed by atoms with Gasteiger partial charge in [-0.1, -0.05) is 41.4 Å². The third-order valence-electron chi connectivity index (χ3n) is 6.11. The zero-order valence-corrected chi connectivity index (χ0v) is 20.3. The van der Waals surface area contributed by atoms with Crippen LogP contribution in [0.1, 0.15) is 24.3 Å². The molecule has 1 aliphatic rings. The number of aromatic amines is 1. The average Bonchev–Trinajstić information content (AvgIpc) is 3.36. The van der Waals surface area contributed by atoms with E-state index in [9.17, 15) is 0 Å². The van der Waals surface area contributed by atoms with Gasteiger partial charge in [0.05, 0.1) is 27.7 Å². The maximum absolute atomic E-state index is 7.31. The lowest BCUT2D eigenvalue weighted by Crippen LogP contribution is -2.35. The van der Waals surface area contributed by atoms with E-state index in [0.29, 0.717) is 27.5 Å². The number of aromatic nitrogens is 3. The van der Waals surface area contributed by atoms with Gasteiger partial charge in [-0.2, -0.15) is 0 Å². The minimum atomic E-state index is 0.355. The number of rotatable bonds is 6. The monoisotopic (exact) mass is 503 g/mol. The summed E-state index contributed by atoms with van der Waals surface area (Å²) >= 11 is 12.6. The SMILES string of the molecule is [C-]#[N+]/C=C(\Nc1cccc(C2CCCN(c3ncnc4[nH]ccc34)C2)c1)Nc1c(Cl)cccc1Cl. The number of anilines is 3. The van der Waals surface area contributed by atoms with Crippen LogP contribution in [0.25, 0.3) is 15.9 Å². The quantitative estimate of drug-likeness (QED) is 0.250. The summed E-state index contributed by atoms with van der Waals surface area (Å²) < 4.78 is 0. The number of fused-ring (bicyclic) bond motifs is 1. The van der Waals surface area contributed by atoms with Gasteiger partial charge in [0, 0.05) is 30.9 Å². The molecule has 9 heteroatoms. The van der Waals surface area contributed by atoms with Crippen LogP contribution in [0.2, 0.25) is 10.0 Å². The first-order valence-corrected chi connectivity index (χ1v) is 12.1. The molecule has 0 amide bonds. The molecule has 5 rings (SSSR count). The van der Waals surface area contributed by atoms with Crippen molar-refractivity contribution in [2.24, 2.45) is 0 Å². The number of para-hydroxylation sites is 1. The lowest BCUT2D eigenvalue weighted by molar-refractivity contribution is 0.508. The molecule has 4 aromatic rings. The van der Waals surface area contributed by atoms with Crippen molar-refractivity contribution in [2.45, 2.75) is 18.8 Å². The second kappa shape index (κ2) is 10.3. The van der Waals surface area contributed by atoms with Gasteiger partial charge in [0.25, 0.3) is 0 Å². The second-order valence-electron chi connectivity index (χ2n) is 8.37. The highest BCUT2D eigenvalue weighted by molar-refractivity contribution is 6.39. The van der Waals surface area contributed by atoms with Crippen LogP contribution >= 0.6 is 23.2 Å². The predicted molar refractivity (Wildman–Crippen MR) is 143 cm³/mol. The Morgan fingerprint density at radius 3 is 2.77 bits per heavy atom. The van der Waals surface area contributed by atoms with Crippen molar-refractivity contribution in [1.82, 2.24) is 15.0 Å². The van der Waals surface area contributed by atoms with Crippen LogP contribution in [-0.2, 0) is 0 Å². The summed E-state index contributed by atoms with van der Waals surface area (Å²) in [5.41, 5.74) is 3.52. The number of nitrogens with one attached hydrogen (secondary N) is 3. The molecule has 3 N–H and O–H groups in total. The van der Waals surface area contributed by atoms with Crippen LogP contribution < -0.4 is 15.5 Å². The summed E-state index contributed by atoms with van der Waals surface area (Å²) in [7, 11) is 0. The second-order valence-corrected chi connectivity index (χ2v) is 9.18. The van der Waals surface area contributed by atoms with Crippen LogP contribution in [0.15, 0.2) is 73.1 Å². The molecule has 0 saturated carbocycles. The number of piperidine rings is 1. The van der Waals surface area contributed by atoms with E-state index in [4.69, 9.17) is 29.8 Å². The van der Waals surface area contributed by atoms with E-state index in [-0.39, 0.29) is 0 Å². The molecule has 2 aromatic heterocycles. The van der Waals surface area contributed by atoms with Gasteiger partial charge in [-0.25, -0.2) is 14.8 Å². The largest absolute Gasteiger partial charge is 0.355 e. The lowest BCUT2D eigenvalue weighted by Gasteiger charge is -2.34. The molecule has 0 spiro atoms. The van der Waals surface area contributed by atoms with E-state index >= 15 is 0 Å². The fourth-order valence-electron chi connectivity index (χ4n) is 4.49. The summed E-state index contributed by atoms with van der Waals surface area (Å²) in [5.74, 6) is 1.82. The molecule has 0 radical (unpaired) electrons. The average molecular weight is 504 g/mol. The van der Waals surface area contributed by atoms with E-state index in [0.717, 1.165) is 48.5 Å². The highest BCUT2D eigenvalue weighted by atomic mass is 35.5. The Morgan fingerprint density at radius 2 is 1.94 bits per heavy atom. The number of halogens is 2.